The first-order valence-electron chi connectivity index (χ1n) is 8.58. The van der Waals surface area contributed by atoms with Gasteiger partial charge in [-0.25, -0.2) is 0 Å². The van der Waals surface area contributed by atoms with Gasteiger partial charge in [0.1, 0.15) is 5.75 Å². The van der Waals surface area contributed by atoms with E-state index in [-0.39, 0.29) is 0 Å². The van der Waals surface area contributed by atoms with Gasteiger partial charge in [0.2, 0.25) is 0 Å². The molecule has 2 rings (SSSR count). The molecular formula is C19H36O. The van der Waals surface area contributed by atoms with Crippen LogP contribution in [0.25, 0.3) is 0 Å². The minimum absolute atomic E-state index is 0.463. The van der Waals surface area contributed by atoms with Gasteiger partial charge in [-0.05, 0) is 50.3 Å². The number of rotatable bonds is 2. The van der Waals surface area contributed by atoms with Crippen molar-refractivity contribution < 1.29 is 4.74 Å². The van der Waals surface area contributed by atoms with Crippen molar-refractivity contribution in [1.82, 2.24) is 0 Å². The summed E-state index contributed by atoms with van der Waals surface area (Å²) < 4.78 is 5.94. The van der Waals surface area contributed by atoms with E-state index >= 15 is 0 Å². The van der Waals surface area contributed by atoms with E-state index in [0.717, 1.165) is 5.75 Å². The number of aryl methyl sites for hydroxylation is 1. The molecule has 0 unspecified atom stereocenters. The van der Waals surface area contributed by atoms with Crippen LogP contribution in [0.15, 0.2) is 24.3 Å². The molecule has 1 saturated carbocycles. The topological polar surface area (TPSA) is 9.23 Å². The lowest BCUT2D eigenvalue weighted by molar-refractivity contribution is 0.155. The first-order valence-corrected chi connectivity index (χ1v) is 8.58. The zero-order valence-corrected chi connectivity index (χ0v) is 14.8. The molecule has 1 heteroatoms. The zero-order valence-electron chi connectivity index (χ0n) is 14.8. The van der Waals surface area contributed by atoms with Gasteiger partial charge < -0.3 is 4.74 Å². The molecule has 1 aromatic rings. The summed E-state index contributed by atoms with van der Waals surface area (Å²) >= 11 is 0. The van der Waals surface area contributed by atoms with E-state index in [2.05, 4.69) is 31.2 Å². The Morgan fingerprint density at radius 2 is 1.40 bits per heavy atom. The van der Waals surface area contributed by atoms with Gasteiger partial charge in [0.25, 0.3) is 0 Å². The quantitative estimate of drug-likeness (QED) is 0.579. The van der Waals surface area contributed by atoms with Crippen LogP contribution in [0.4, 0.5) is 0 Å². The summed E-state index contributed by atoms with van der Waals surface area (Å²) in [6, 6.07) is 8.34. The van der Waals surface area contributed by atoms with Gasteiger partial charge in [-0.1, -0.05) is 60.1 Å². The molecule has 118 valence electrons. The van der Waals surface area contributed by atoms with E-state index in [4.69, 9.17) is 4.74 Å². The summed E-state index contributed by atoms with van der Waals surface area (Å²) in [6.45, 7) is 14.1. The van der Waals surface area contributed by atoms with E-state index in [1.165, 1.54) is 37.7 Å². The van der Waals surface area contributed by atoms with Crippen LogP contribution in [0, 0.1) is 6.92 Å². The Balaban J connectivity index is 0. The molecule has 20 heavy (non-hydrogen) atoms. The molecule has 1 nitrogen and oxygen atoms in total. The molecule has 0 aromatic heterocycles. The molecule has 0 N–H and O–H groups in total. The lowest BCUT2D eigenvalue weighted by Gasteiger charge is -2.23. The molecule has 1 aromatic carbocycles. The fourth-order valence-electron chi connectivity index (χ4n) is 2.06. The van der Waals surface area contributed by atoms with Crippen LogP contribution >= 0.6 is 0 Å². The van der Waals surface area contributed by atoms with Crippen LogP contribution in [0.1, 0.15) is 79.2 Å². The third kappa shape index (κ3) is 9.89. The maximum Gasteiger partial charge on any atom is 0.119 e. The minimum atomic E-state index is 0.463. The molecule has 0 atom stereocenters. The average molecular weight is 280 g/mol. The van der Waals surface area contributed by atoms with Crippen LogP contribution in [-0.4, -0.2) is 6.10 Å². The van der Waals surface area contributed by atoms with Gasteiger partial charge in [-0.2, -0.15) is 0 Å². The monoisotopic (exact) mass is 280 g/mol. The first kappa shape index (κ1) is 21.3. The van der Waals surface area contributed by atoms with Gasteiger partial charge in [0, 0.05) is 0 Å². The van der Waals surface area contributed by atoms with Gasteiger partial charge in [-0.3, -0.25) is 0 Å². The van der Waals surface area contributed by atoms with E-state index < -0.39 is 0 Å². The smallest absolute Gasteiger partial charge is 0.119 e. The number of hydrogen-bond donors (Lipinski definition) is 0. The highest BCUT2D eigenvalue weighted by Crippen LogP contribution is 2.23. The van der Waals surface area contributed by atoms with Crippen LogP contribution < -0.4 is 4.74 Å². The van der Waals surface area contributed by atoms with Crippen molar-refractivity contribution in [1.29, 1.82) is 0 Å². The number of ether oxygens (including phenoxy) is 1. The fourth-order valence-corrected chi connectivity index (χ4v) is 2.06. The summed E-state index contributed by atoms with van der Waals surface area (Å²) in [7, 11) is 0. The summed E-state index contributed by atoms with van der Waals surface area (Å²) in [5.74, 6) is 1.04. The van der Waals surface area contributed by atoms with Gasteiger partial charge >= 0.3 is 0 Å². The van der Waals surface area contributed by atoms with E-state index in [1.807, 2.05) is 41.5 Å². The first-order chi connectivity index (χ1) is 9.84. The second kappa shape index (κ2) is 16.1. The largest absolute Gasteiger partial charge is 0.490 e. The van der Waals surface area contributed by atoms with Crippen LogP contribution in [-0.2, 0) is 0 Å². The second-order valence-corrected chi connectivity index (χ2v) is 4.19. The Bertz CT molecular complexity index is 288. The highest BCUT2D eigenvalue weighted by molar-refractivity contribution is 5.27. The molecule has 1 aliphatic rings. The molecule has 0 saturated heterocycles. The molecule has 0 spiro atoms. The molecule has 0 bridgehead atoms. The molecule has 0 aliphatic heterocycles. The van der Waals surface area contributed by atoms with Crippen LogP contribution in [0.3, 0.4) is 0 Å². The lowest BCUT2D eigenvalue weighted by Crippen LogP contribution is -2.19. The summed E-state index contributed by atoms with van der Waals surface area (Å²) in [5.41, 5.74) is 1.28. The molecular weight excluding hydrogens is 244 g/mol. The van der Waals surface area contributed by atoms with Gasteiger partial charge in [0.05, 0.1) is 6.10 Å². The minimum Gasteiger partial charge on any atom is -0.490 e. The second-order valence-electron chi connectivity index (χ2n) is 4.19. The SMILES string of the molecule is CC.CC.CC.Cc1cccc(OC2CCCCC2)c1. The summed E-state index contributed by atoms with van der Waals surface area (Å²) in [5, 5.41) is 0. The Kier molecular flexibility index (Phi) is 17.1. The highest BCUT2D eigenvalue weighted by Gasteiger charge is 2.14. The zero-order chi connectivity index (χ0) is 15.8. The van der Waals surface area contributed by atoms with Crippen LogP contribution in [0.2, 0.25) is 0 Å². The van der Waals surface area contributed by atoms with Crippen molar-refractivity contribution >= 4 is 0 Å². The molecule has 1 aliphatic carbocycles. The maximum atomic E-state index is 5.94. The van der Waals surface area contributed by atoms with Gasteiger partial charge in [0.15, 0.2) is 0 Å². The average Bonchev–Trinajstić information content (AvgIpc) is 2.54. The van der Waals surface area contributed by atoms with Crippen molar-refractivity contribution in [2.75, 3.05) is 0 Å². The fraction of sp³-hybridized carbons (Fsp3) is 0.684. The lowest BCUT2D eigenvalue weighted by atomic mass is 9.98. The standard InChI is InChI=1S/C13H18O.3C2H6/c1-11-6-5-9-13(10-11)14-12-7-3-2-4-8-12;3*1-2/h5-6,9-10,12H,2-4,7-8H2,1H3;3*1-2H3. The van der Waals surface area contributed by atoms with E-state index in [1.54, 1.807) is 0 Å². The Labute approximate surface area is 127 Å². The molecule has 0 heterocycles. The normalized spacial score (nSPS) is 13.6. The summed E-state index contributed by atoms with van der Waals surface area (Å²) in [4.78, 5) is 0. The number of benzene rings is 1. The van der Waals surface area contributed by atoms with Crippen molar-refractivity contribution in [3.8, 4) is 5.75 Å². The predicted octanol–water partition coefficient (Wildman–Crippen LogP) is 6.79. The maximum absolute atomic E-state index is 5.94. The summed E-state index contributed by atoms with van der Waals surface area (Å²) in [6.07, 6.45) is 6.97. The van der Waals surface area contributed by atoms with Gasteiger partial charge in [-0.15, -0.1) is 0 Å². The number of hydrogen-bond acceptors (Lipinski definition) is 1. The molecule has 1 fully saturated rings. The van der Waals surface area contributed by atoms with E-state index in [9.17, 15) is 0 Å². The van der Waals surface area contributed by atoms with Crippen LogP contribution in [0.5, 0.6) is 5.75 Å². The van der Waals surface area contributed by atoms with Crippen molar-refractivity contribution in [3.63, 3.8) is 0 Å². The third-order valence-corrected chi connectivity index (χ3v) is 2.84. The third-order valence-electron chi connectivity index (χ3n) is 2.84. The Morgan fingerprint density at radius 3 is 1.90 bits per heavy atom. The highest BCUT2D eigenvalue weighted by atomic mass is 16.5. The van der Waals surface area contributed by atoms with Crippen molar-refractivity contribution in [2.24, 2.45) is 0 Å². The predicted molar refractivity (Wildman–Crippen MR) is 92.7 cm³/mol. The molecule has 0 radical (unpaired) electrons. The molecule has 0 amide bonds. The Hall–Kier alpha value is -0.980. The van der Waals surface area contributed by atoms with Crippen molar-refractivity contribution in [3.05, 3.63) is 29.8 Å². The Morgan fingerprint density at radius 1 is 0.850 bits per heavy atom. The van der Waals surface area contributed by atoms with E-state index in [0.29, 0.717) is 6.10 Å². The van der Waals surface area contributed by atoms with Crippen molar-refractivity contribution in [2.45, 2.75) is 86.7 Å².